The van der Waals surface area contributed by atoms with E-state index < -0.39 is 5.60 Å². The maximum atomic E-state index is 11.9. The van der Waals surface area contributed by atoms with E-state index >= 15 is 0 Å². The molecule has 0 fully saturated rings. The zero-order valence-electron chi connectivity index (χ0n) is 11.7. The van der Waals surface area contributed by atoms with Crippen molar-refractivity contribution in [2.45, 2.75) is 19.4 Å². The van der Waals surface area contributed by atoms with Crippen molar-refractivity contribution in [1.29, 1.82) is 0 Å². The van der Waals surface area contributed by atoms with Crippen molar-refractivity contribution < 1.29 is 9.90 Å². The van der Waals surface area contributed by atoms with Gasteiger partial charge in [0.1, 0.15) is 0 Å². The van der Waals surface area contributed by atoms with E-state index in [1.54, 1.807) is 19.9 Å². The maximum Gasteiger partial charge on any atom is 0.254 e. The fourth-order valence-corrected chi connectivity index (χ4v) is 2.09. The van der Waals surface area contributed by atoms with Crippen LogP contribution in [0.25, 0.3) is 0 Å². The van der Waals surface area contributed by atoms with Crippen LogP contribution >= 0.6 is 11.6 Å². The average Bonchev–Trinajstić information content (AvgIpc) is 2.24. The number of carbonyl (C=O) groups is 1. The molecule has 0 radical (unpaired) electrons. The van der Waals surface area contributed by atoms with Crippen molar-refractivity contribution in [2.24, 2.45) is 0 Å². The van der Waals surface area contributed by atoms with Crippen LogP contribution in [0.3, 0.4) is 0 Å². The highest BCUT2D eigenvalue weighted by Gasteiger charge is 2.23. The van der Waals surface area contributed by atoms with Crippen LogP contribution < -0.4 is 5.32 Å². The Morgan fingerprint density at radius 1 is 1.58 bits per heavy atom. The molecular weight excluding hydrogens is 266 g/mol. The van der Waals surface area contributed by atoms with E-state index in [9.17, 15) is 9.90 Å². The van der Waals surface area contributed by atoms with Gasteiger partial charge in [-0.3, -0.25) is 9.78 Å². The molecule has 6 heteroatoms. The van der Waals surface area contributed by atoms with E-state index in [-0.39, 0.29) is 12.5 Å². The zero-order chi connectivity index (χ0) is 14.6. The molecule has 0 bridgehead atoms. The van der Waals surface area contributed by atoms with Gasteiger partial charge in [0, 0.05) is 25.0 Å². The second-order valence-corrected chi connectivity index (χ2v) is 5.63. The molecule has 1 heterocycles. The minimum absolute atomic E-state index is 0.147. The van der Waals surface area contributed by atoms with Crippen LogP contribution in [-0.2, 0) is 0 Å². The lowest BCUT2D eigenvalue weighted by molar-refractivity contribution is 0.0326. The molecule has 0 aromatic carbocycles. The average molecular weight is 286 g/mol. The maximum absolute atomic E-state index is 11.9. The molecule has 106 valence electrons. The van der Waals surface area contributed by atoms with E-state index in [1.165, 1.54) is 6.20 Å². The highest BCUT2D eigenvalue weighted by atomic mass is 35.5. The Balaban J connectivity index is 2.65. The van der Waals surface area contributed by atoms with Crippen LogP contribution in [0.4, 0.5) is 0 Å². The SMILES string of the molecule is Cc1cc(Cl)c(C(=O)NCC(C)(O)CN(C)C)cn1. The van der Waals surface area contributed by atoms with Gasteiger partial charge in [0.05, 0.1) is 16.2 Å². The summed E-state index contributed by atoms with van der Waals surface area (Å²) in [5.41, 5.74) is 0.0677. The van der Waals surface area contributed by atoms with Gasteiger partial charge in [-0.2, -0.15) is 0 Å². The van der Waals surface area contributed by atoms with Crippen LogP contribution in [0.2, 0.25) is 5.02 Å². The number of aryl methyl sites for hydroxylation is 1. The van der Waals surface area contributed by atoms with Gasteiger partial charge in [-0.05, 0) is 34.0 Å². The molecular formula is C13H20ClN3O2. The molecule has 1 rings (SSSR count). The number of amides is 1. The Bertz CT molecular complexity index is 461. The van der Waals surface area contributed by atoms with E-state index in [0.717, 1.165) is 5.69 Å². The predicted octanol–water partition coefficient (Wildman–Crippen LogP) is 1.09. The van der Waals surface area contributed by atoms with Gasteiger partial charge in [0.15, 0.2) is 0 Å². The molecule has 1 unspecified atom stereocenters. The summed E-state index contributed by atoms with van der Waals surface area (Å²) in [6.07, 6.45) is 1.44. The van der Waals surface area contributed by atoms with Crippen molar-refractivity contribution in [3.63, 3.8) is 0 Å². The van der Waals surface area contributed by atoms with Crippen molar-refractivity contribution in [3.05, 3.63) is 28.5 Å². The molecule has 0 aliphatic heterocycles. The van der Waals surface area contributed by atoms with Gasteiger partial charge in [0.25, 0.3) is 5.91 Å². The summed E-state index contributed by atoms with van der Waals surface area (Å²) in [5.74, 6) is -0.337. The Hall–Kier alpha value is -1.17. The quantitative estimate of drug-likeness (QED) is 0.850. The number of aromatic nitrogens is 1. The van der Waals surface area contributed by atoms with Crippen LogP contribution in [0.5, 0.6) is 0 Å². The molecule has 19 heavy (non-hydrogen) atoms. The van der Waals surface area contributed by atoms with E-state index in [4.69, 9.17) is 11.6 Å². The lowest BCUT2D eigenvalue weighted by Gasteiger charge is -2.27. The molecule has 2 N–H and O–H groups in total. The number of halogens is 1. The standard InChI is InChI=1S/C13H20ClN3O2/c1-9-5-11(14)10(6-15-9)12(18)16-7-13(2,19)8-17(3)4/h5-6,19H,7-8H2,1-4H3,(H,16,18). The summed E-state index contributed by atoms with van der Waals surface area (Å²) in [6, 6.07) is 1.63. The number of aliphatic hydroxyl groups is 1. The number of hydrogen-bond donors (Lipinski definition) is 2. The molecule has 1 aromatic heterocycles. The number of rotatable bonds is 5. The highest BCUT2D eigenvalue weighted by molar-refractivity contribution is 6.33. The summed E-state index contributed by atoms with van der Waals surface area (Å²) < 4.78 is 0. The van der Waals surface area contributed by atoms with Crippen LogP contribution in [0.15, 0.2) is 12.3 Å². The van der Waals surface area contributed by atoms with Crippen molar-refractivity contribution in [2.75, 3.05) is 27.2 Å². The molecule has 5 nitrogen and oxygen atoms in total. The highest BCUT2D eigenvalue weighted by Crippen LogP contribution is 2.15. The fraction of sp³-hybridized carbons (Fsp3) is 0.538. The third kappa shape index (κ3) is 5.14. The summed E-state index contributed by atoms with van der Waals surface area (Å²) in [7, 11) is 3.72. The smallest absolute Gasteiger partial charge is 0.254 e. The number of carbonyl (C=O) groups excluding carboxylic acids is 1. The van der Waals surface area contributed by atoms with Crippen LogP contribution in [-0.4, -0.2) is 53.7 Å². The van der Waals surface area contributed by atoms with Gasteiger partial charge >= 0.3 is 0 Å². The van der Waals surface area contributed by atoms with E-state index in [0.29, 0.717) is 17.1 Å². The minimum atomic E-state index is -0.996. The van der Waals surface area contributed by atoms with E-state index in [1.807, 2.05) is 19.0 Å². The van der Waals surface area contributed by atoms with Gasteiger partial charge < -0.3 is 15.3 Å². The third-order valence-corrected chi connectivity index (χ3v) is 2.83. The predicted molar refractivity (Wildman–Crippen MR) is 75.5 cm³/mol. The van der Waals surface area contributed by atoms with Crippen LogP contribution in [0, 0.1) is 6.92 Å². The minimum Gasteiger partial charge on any atom is -0.387 e. The first kappa shape index (κ1) is 15.9. The largest absolute Gasteiger partial charge is 0.387 e. The Labute approximate surface area is 118 Å². The Morgan fingerprint density at radius 2 is 2.21 bits per heavy atom. The molecule has 0 aliphatic rings. The van der Waals surface area contributed by atoms with Gasteiger partial charge in [-0.15, -0.1) is 0 Å². The first-order valence-electron chi connectivity index (χ1n) is 5.99. The number of likely N-dealkylation sites (N-methyl/N-ethyl adjacent to an activating group) is 1. The molecule has 1 amide bonds. The zero-order valence-corrected chi connectivity index (χ0v) is 12.5. The Kier molecular flexibility index (Phi) is 5.29. The first-order chi connectivity index (χ1) is 8.71. The number of pyridine rings is 1. The first-order valence-corrected chi connectivity index (χ1v) is 6.36. The lowest BCUT2D eigenvalue weighted by atomic mass is 10.1. The molecule has 0 saturated heterocycles. The number of nitrogens with zero attached hydrogens (tertiary/aromatic N) is 2. The monoisotopic (exact) mass is 285 g/mol. The summed E-state index contributed by atoms with van der Waals surface area (Å²) in [4.78, 5) is 17.8. The lowest BCUT2D eigenvalue weighted by Crippen LogP contribution is -2.47. The molecule has 1 atom stereocenters. The van der Waals surface area contributed by atoms with Gasteiger partial charge in [0.2, 0.25) is 0 Å². The number of nitrogens with one attached hydrogen (secondary N) is 1. The van der Waals surface area contributed by atoms with Gasteiger partial charge in [-0.1, -0.05) is 11.6 Å². The van der Waals surface area contributed by atoms with Crippen LogP contribution in [0.1, 0.15) is 23.0 Å². The van der Waals surface area contributed by atoms with Crippen molar-refractivity contribution in [1.82, 2.24) is 15.2 Å². The van der Waals surface area contributed by atoms with E-state index in [2.05, 4.69) is 10.3 Å². The summed E-state index contributed by atoms with van der Waals surface area (Å²) in [6.45, 7) is 4.07. The van der Waals surface area contributed by atoms with Gasteiger partial charge in [-0.25, -0.2) is 0 Å². The van der Waals surface area contributed by atoms with Crippen molar-refractivity contribution in [3.8, 4) is 0 Å². The number of hydrogen-bond acceptors (Lipinski definition) is 4. The molecule has 0 spiro atoms. The van der Waals surface area contributed by atoms with Crippen molar-refractivity contribution >= 4 is 17.5 Å². The third-order valence-electron chi connectivity index (χ3n) is 2.52. The topological polar surface area (TPSA) is 65.5 Å². The fourth-order valence-electron chi connectivity index (χ4n) is 1.80. The second kappa shape index (κ2) is 6.32. The summed E-state index contributed by atoms with van der Waals surface area (Å²) >= 11 is 5.99. The second-order valence-electron chi connectivity index (χ2n) is 5.22. The normalized spacial score (nSPS) is 14.3. The molecule has 0 aliphatic carbocycles. The Morgan fingerprint density at radius 3 is 2.74 bits per heavy atom. The summed E-state index contributed by atoms with van der Waals surface area (Å²) in [5, 5.41) is 13.1. The molecule has 1 aromatic rings. The molecule has 0 saturated carbocycles.